The summed E-state index contributed by atoms with van der Waals surface area (Å²) in [5, 5.41) is 2.40. The number of benzene rings is 1. The molecule has 7 heteroatoms. The highest BCUT2D eigenvalue weighted by Gasteiger charge is 2.11. The molecule has 0 fully saturated rings. The summed E-state index contributed by atoms with van der Waals surface area (Å²) in [5.74, 6) is -1.37. The highest BCUT2D eigenvalue weighted by Crippen LogP contribution is 2.11. The Morgan fingerprint density at radius 3 is 2.85 bits per heavy atom. The number of carbonyl (C=O) groups is 2. The van der Waals surface area contributed by atoms with E-state index in [4.69, 9.17) is 4.42 Å². The van der Waals surface area contributed by atoms with Gasteiger partial charge < -0.3 is 14.5 Å². The van der Waals surface area contributed by atoms with Crippen molar-refractivity contribution in [3.05, 3.63) is 34.8 Å². The zero-order valence-corrected chi connectivity index (χ0v) is 10.9. The topological polar surface area (TPSA) is 90.5 Å². The molecule has 0 atom stereocenters. The van der Waals surface area contributed by atoms with Crippen LogP contribution in [0.15, 0.2) is 33.5 Å². The van der Waals surface area contributed by atoms with Gasteiger partial charge in [-0.1, -0.05) is 12.1 Å². The SMILES string of the molecule is COC(=O)CNC(=O)CCn1c(=O)oc2ccccc21. The number of oxazole rings is 1. The van der Waals surface area contributed by atoms with E-state index in [-0.39, 0.29) is 25.4 Å². The molecule has 20 heavy (non-hydrogen) atoms. The van der Waals surface area contributed by atoms with Gasteiger partial charge in [0.15, 0.2) is 5.58 Å². The van der Waals surface area contributed by atoms with Crippen molar-refractivity contribution in [3.63, 3.8) is 0 Å². The van der Waals surface area contributed by atoms with E-state index in [9.17, 15) is 14.4 Å². The Kier molecular flexibility index (Phi) is 4.19. The van der Waals surface area contributed by atoms with E-state index in [0.717, 1.165) is 0 Å². The molecular weight excluding hydrogens is 264 g/mol. The lowest BCUT2D eigenvalue weighted by molar-refractivity contribution is -0.141. The molecule has 2 aromatic rings. The summed E-state index contributed by atoms with van der Waals surface area (Å²) in [6.07, 6.45) is 0.0699. The second kappa shape index (κ2) is 6.05. The minimum absolute atomic E-state index is 0.0699. The molecule has 0 bridgehead atoms. The Labute approximate surface area is 114 Å². The maximum atomic E-state index is 11.7. The van der Waals surface area contributed by atoms with Gasteiger partial charge in [0, 0.05) is 13.0 Å². The number of ether oxygens (including phenoxy) is 1. The zero-order chi connectivity index (χ0) is 14.5. The van der Waals surface area contributed by atoms with Crippen molar-refractivity contribution >= 4 is 23.0 Å². The molecule has 0 aliphatic carbocycles. The number of nitrogens with zero attached hydrogens (tertiary/aromatic N) is 1. The first-order chi connectivity index (χ1) is 9.61. The lowest BCUT2D eigenvalue weighted by atomic mass is 10.3. The van der Waals surface area contributed by atoms with Crippen LogP contribution in [-0.2, 0) is 20.9 Å². The first kappa shape index (κ1) is 13.9. The lowest BCUT2D eigenvalue weighted by Gasteiger charge is -2.04. The van der Waals surface area contributed by atoms with Crippen LogP contribution in [0.4, 0.5) is 0 Å². The summed E-state index contributed by atoms with van der Waals surface area (Å²) in [6.45, 7) is -0.000774. The molecule has 1 aromatic carbocycles. The molecule has 1 heterocycles. The number of aryl methyl sites for hydroxylation is 1. The number of fused-ring (bicyclic) bond motifs is 1. The quantitative estimate of drug-likeness (QED) is 0.793. The van der Waals surface area contributed by atoms with Crippen LogP contribution in [0, 0.1) is 0 Å². The number of esters is 1. The van der Waals surface area contributed by atoms with Crippen molar-refractivity contribution in [2.75, 3.05) is 13.7 Å². The molecule has 0 saturated heterocycles. The largest absolute Gasteiger partial charge is 0.468 e. The van der Waals surface area contributed by atoms with Gasteiger partial charge >= 0.3 is 11.7 Å². The van der Waals surface area contributed by atoms with E-state index in [0.29, 0.717) is 11.1 Å². The van der Waals surface area contributed by atoms with Gasteiger partial charge in [-0.2, -0.15) is 0 Å². The predicted octanol–water partition coefficient (Wildman–Crippen LogP) is 0.274. The van der Waals surface area contributed by atoms with E-state index in [1.54, 1.807) is 24.3 Å². The molecule has 0 unspecified atom stereocenters. The fourth-order valence-corrected chi connectivity index (χ4v) is 1.77. The van der Waals surface area contributed by atoms with E-state index in [2.05, 4.69) is 10.1 Å². The van der Waals surface area contributed by atoms with Gasteiger partial charge in [0.2, 0.25) is 5.91 Å². The third-order valence-corrected chi connectivity index (χ3v) is 2.79. The Morgan fingerprint density at radius 2 is 2.10 bits per heavy atom. The van der Waals surface area contributed by atoms with Gasteiger partial charge in [0.1, 0.15) is 6.54 Å². The standard InChI is InChI=1S/C13H14N2O5/c1-19-12(17)8-14-11(16)6-7-15-9-4-2-3-5-10(9)20-13(15)18/h2-5H,6-8H2,1H3,(H,14,16). The number of rotatable bonds is 5. The molecule has 2 rings (SSSR count). The minimum atomic E-state index is -0.524. The van der Waals surface area contributed by atoms with E-state index in [1.807, 2.05) is 0 Å². The van der Waals surface area contributed by atoms with Crippen molar-refractivity contribution < 1.29 is 18.7 Å². The fourth-order valence-electron chi connectivity index (χ4n) is 1.77. The molecule has 0 aliphatic heterocycles. The number of amides is 1. The number of methoxy groups -OCH3 is 1. The van der Waals surface area contributed by atoms with Crippen LogP contribution in [0.2, 0.25) is 0 Å². The number of carbonyl (C=O) groups excluding carboxylic acids is 2. The lowest BCUT2D eigenvalue weighted by Crippen LogP contribution is -2.31. The van der Waals surface area contributed by atoms with Crippen molar-refractivity contribution in [1.29, 1.82) is 0 Å². The first-order valence-electron chi connectivity index (χ1n) is 6.03. The third-order valence-electron chi connectivity index (χ3n) is 2.79. The molecule has 0 aliphatic rings. The second-order valence-electron chi connectivity index (χ2n) is 4.09. The normalized spacial score (nSPS) is 10.4. The van der Waals surface area contributed by atoms with Crippen molar-refractivity contribution in [1.82, 2.24) is 9.88 Å². The number of hydrogen-bond acceptors (Lipinski definition) is 5. The van der Waals surface area contributed by atoms with Gasteiger partial charge in [-0.15, -0.1) is 0 Å². The third kappa shape index (κ3) is 3.05. The van der Waals surface area contributed by atoms with Crippen LogP contribution < -0.4 is 11.1 Å². The van der Waals surface area contributed by atoms with Crippen LogP contribution in [0.3, 0.4) is 0 Å². The summed E-state index contributed by atoms with van der Waals surface area (Å²) >= 11 is 0. The van der Waals surface area contributed by atoms with Gasteiger partial charge in [0.25, 0.3) is 0 Å². The Balaban J connectivity index is 1.99. The Hall–Kier alpha value is -2.57. The Bertz CT molecular complexity index is 685. The van der Waals surface area contributed by atoms with E-state index < -0.39 is 11.7 Å². The number of nitrogens with one attached hydrogen (secondary N) is 1. The van der Waals surface area contributed by atoms with Crippen LogP contribution >= 0.6 is 0 Å². The fraction of sp³-hybridized carbons (Fsp3) is 0.308. The van der Waals surface area contributed by atoms with Gasteiger partial charge in [-0.25, -0.2) is 4.79 Å². The molecule has 1 aromatic heterocycles. The van der Waals surface area contributed by atoms with Crippen molar-refractivity contribution in [2.45, 2.75) is 13.0 Å². The second-order valence-corrected chi connectivity index (χ2v) is 4.09. The van der Waals surface area contributed by atoms with Gasteiger partial charge in [-0.05, 0) is 12.1 Å². The van der Waals surface area contributed by atoms with Gasteiger partial charge in [0.05, 0.1) is 12.6 Å². The Morgan fingerprint density at radius 1 is 1.35 bits per heavy atom. The van der Waals surface area contributed by atoms with Gasteiger partial charge in [-0.3, -0.25) is 14.2 Å². The zero-order valence-electron chi connectivity index (χ0n) is 10.9. The average molecular weight is 278 g/mol. The molecule has 1 amide bonds. The van der Waals surface area contributed by atoms with E-state index in [1.165, 1.54) is 11.7 Å². The van der Waals surface area contributed by atoms with E-state index >= 15 is 0 Å². The summed E-state index contributed by atoms with van der Waals surface area (Å²) in [6, 6.07) is 6.97. The molecular formula is C13H14N2O5. The molecule has 1 N–H and O–H groups in total. The highest BCUT2D eigenvalue weighted by molar-refractivity contribution is 5.82. The monoisotopic (exact) mass is 278 g/mol. The van der Waals surface area contributed by atoms with Crippen LogP contribution in [-0.4, -0.2) is 30.1 Å². The van der Waals surface area contributed by atoms with Crippen molar-refractivity contribution in [3.8, 4) is 0 Å². The highest BCUT2D eigenvalue weighted by atomic mass is 16.5. The molecule has 0 saturated carbocycles. The summed E-state index contributed by atoms with van der Waals surface area (Å²) in [5.41, 5.74) is 1.12. The average Bonchev–Trinajstić information content (AvgIpc) is 2.78. The molecule has 106 valence electrons. The smallest absolute Gasteiger partial charge is 0.419 e. The summed E-state index contributed by atoms with van der Waals surface area (Å²) in [7, 11) is 1.24. The minimum Gasteiger partial charge on any atom is -0.468 e. The van der Waals surface area contributed by atoms with Crippen LogP contribution in [0.5, 0.6) is 0 Å². The summed E-state index contributed by atoms with van der Waals surface area (Å²) < 4.78 is 10.8. The van der Waals surface area contributed by atoms with Crippen molar-refractivity contribution in [2.24, 2.45) is 0 Å². The molecule has 0 spiro atoms. The predicted molar refractivity (Wildman–Crippen MR) is 70.1 cm³/mol. The maximum absolute atomic E-state index is 11.7. The molecule has 7 nitrogen and oxygen atoms in total. The summed E-state index contributed by atoms with van der Waals surface area (Å²) in [4.78, 5) is 34.1. The van der Waals surface area contributed by atoms with Crippen LogP contribution in [0.1, 0.15) is 6.42 Å². The number of aromatic nitrogens is 1. The number of hydrogen-bond donors (Lipinski definition) is 1. The first-order valence-corrected chi connectivity index (χ1v) is 6.03. The molecule has 0 radical (unpaired) electrons. The maximum Gasteiger partial charge on any atom is 0.419 e. The van der Waals surface area contributed by atoms with Crippen LogP contribution in [0.25, 0.3) is 11.1 Å². The number of para-hydroxylation sites is 2.